The van der Waals surface area contributed by atoms with Crippen molar-refractivity contribution in [1.29, 1.82) is 0 Å². The van der Waals surface area contributed by atoms with Gasteiger partial charge in [-0.2, -0.15) is 0 Å². The molecule has 24 heavy (non-hydrogen) atoms. The molecule has 1 saturated carbocycles. The molecule has 4 rings (SSSR count). The molecule has 0 aromatic carbocycles. The molecule has 1 fully saturated rings. The first-order chi connectivity index (χ1) is 11.8. The summed E-state index contributed by atoms with van der Waals surface area (Å²) >= 11 is 0. The Hall–Kier alpha value is -2.32. The normalized spacial score (nSPS) is 21.4. The summed E-state index contributed by atoms with van der Waals surface area (Å²) in [4.78, 5) is 8.47. The van der Waals surface area contributed by atoms with Crippen molar-refractivity contribution in [3.63, 3.8) is 0 Å². The van der Waals surface area contributed by atoms with Gasteiger partial charge < -0.3 is 10.4 Å². The molecular weight excluding hydrogens is 306 g/mol. The molecule has 3 aromatic rings. The first-order valence-corrected chi connectivity index (χ1v) is 8.36. The van der Waals surface area contributed by atoms with E-state index < -0.39 is 0 Å². The molecule has 0 radical (unpaired) electrons. The van der Waals surface area contributed by atoms with Crippen molar-refractivity contribution in [2.45, 2.75) is 50.9 Å². The van der Waals surface area contributed by atoms with E-state index >= 15 is 0 Å². The Balaban J connectivity index is 1.49. The second-order valence-electron chi connectivity index (χ2n) is 6.24. The lowest BCUT2D eigenvalue weighted by molar-refractivity contribution is 0.241. The predicted molar refractivity (Wildman–Crippen MR) is 87.1 cm³/mol. The van der Waals surface area contributed by atoms with Gasteiger partial charge in [-0.1, -0.05) is 18.1 Å². The first kappa shape index (κ1) is 15.2. The van der Waals surface area contributed by atoms with E-state index in [-0.39, 0.29) is 12.6 Å². The summed E-state index contributed by atoms with van der Waals surface area (Å²) < 4.78 is 3.96. The summed E-state index contributed by atoms with van der Waals surface area (Å²) in [5.74, 6) is 0. The minimum absolute atomic E-state index is 0.0688. The van der Waals surface area contributed by atoms with Gasteiger partial charge in [-0.15, -0.1) is 5.10 Å². The van der Waals surface area contributed by atoms with Crippen molar-refractivity contribution in [3.8, 4) is 0 Å². The fraction of sp³-hybridized carbons (Fsp3) is 0.500. The van der Waals surface area contributed by atoms with Crippen molar-refractivity contribution in [2.24, 2.45) is 0 Å². The monoisotopic (exact) mass is 327 g/mol. The van der Waals surface area contributed by atoms with Crippen LogP contribution in [0.15, 0.2) is 31.0 Å². The number of aromatic nitrogens is 6. The highest BCUT2D eigenvalue weighted by molar-refractivity contribution is 5.36. The summed E-state index contributed by atoms with van der Waals surface area (Å²) in [5.41, 5.74) is 2.60. The molecule has 8 nitrogen and oxygen atoms in total. The minimum atomic E-state index is -0.0688. The topological polar surface area (TPSA) is 93.2 Å². The van der Waals surface area contributed by atoms with Crippen molar-refractivity contribution >= 4 is 5.65 Å². The molecule has 0 aliphatic heterocycles. The number of nitrogens with zero attached hydrogens (tertiary/aromatic N) is 6. The summed E-state index contributed by atoms with van der Waals surface area (Å²) in [6.07, 6.45) is 13.8. The molecule has 0 spiro atoms. The highest BCUT2D eigenvalue weighted by atomic mass is 16.3. The third-order valence-electron chi connectivity index (χ3n) is 4.73. The number of hydrogen-bond acceptors (Lipinski definition) is 6. The maximum Gasteiger partial charge on any atom is 0.155 e. The Morgan fingerprint density at radius 2 is 2.17 bits per heavy atom. The average molecular weight is 327 g/mol. The lowest BCUT2D eigenvalue weighted by atomic mass is 9.90. The van der Waals surface area contributed by atoms with E-state index in [2.05, 4.69) is 30.0 Å². The van der Waals surface area contributed by atoms with Gasteiger partial charge in [0.1, 0.15) is 5.69 Å². The Kier molecular flexibility index (Phi) is 4.22. The van der Waals surface area contributed by atoms with Crippen LogP contribution in [-0.4, -0.2) is 40.5 Å². The Morgan fingerprint density at radius 1 is 1.25 bits per heavy atom. The van der Waals surface area contributed by atoms with E-state index in [4.69, 9.17) is 0 Å². The molecule has 126 valence electrons. The first-order valence-electron chi connectivity index (χ1n) is 8.36. The van der Waals surface area contributed by atoms with Gasteiger partial charge in [0, 0.05) is 25.0 Å². The fourth-order valence-corrected chi connectivity index (χ4v) is 3.48. The van der Waals surface area contributed by atoms with E-state index in [1.165, 1.54) is 12.8 Å². The smallest absolute Gasteiger partial charge is 0.155 e. The average Bonchev–Trinajstić information content (AvgIpc) is 3.27. The summed E-state index contributed by atoms with van der Waals surface area (Å²) in [6, 6.07) is 0.604. The van der Waals surface area contributed by atoms with Gasteiger partial charge >= 0.3 is 0 Å². The Morgan fingerprint density at radius 3 is 3.04 bits per heavy atom. The van der Waals surface area contributed by atoms with Crippen LogP contribution in [0, 0.1) is 0 Å². The predicted octanol–water partition coefficient (Wildman–Crippen LogP) is 1.09. The van der Waals surface area contributed by atoms with Crippen LogP contribution in [0.3, 0.4) is 0 Å². The number of nitrogens with one attached hydrogen (secondary N) is 1. The summed E-state index contributed by atoms with van der Waals surface area (Å²) in [6.45, 7) is 0.675. The Bertz CT molecular complexity index is 811. The minimum Gasteiger partial charge on any atom is -0.390 e. The zero-order valence-electron chi connectivity index (χ0n) is 13.4. The molecule has 2 atom stereocenters. The lowest BCUT2D eigenvalue weighted by Crippen LogP contribution is -2.40. The number of hydrogen-bond donors (Lipinski definition) is 2. The quantitative estimate of drug-likeness (QED) is 0.728. The van der Waals surface area contributed by atoms with Crippen molar-refractivity contribution in [1.82, 2.24) is 34.7 Å². The van der Waals surface area contributed by atoms with Gasteiger partial charge in [0.15, 0.2) is 5.65 Å². The van der Waals surface area contributed by atoms with Gasteiger partial charge in [0.25, 0.3) is 0 Å². The van der Waals surface area contributed by atoms with Gasteiger partial charge in [-0.25, -0.2) is 9.67 Å². The number of aliphatic hydroxyl groups excluding tert-OH is 1. The van der Waals surface area contributed by atoms with E-state index in [0.717, 1.165) is 30.7 Å². The molecule has 0 amide bonds. The maximum atomic E-state index is 9.20. The van der Waals surface area contributed by atoms with Gasteiger partial charge in [0.05, 0.1) is 36.9 Å². The zero-order chi connectivity index (χ0) is 16.4. The molecule has 2 N–H and O–H groups in total. The molecule has 0 unspecified atom stereocenters. The third kappa shape index (κ3) is 2.90. The van der Waals surface area contributed by atoms with Crippen LogP contribution in [0.4, 0.5) is 0 Å². The van der Waals surface area contributed by atoms with Crippen LogP contribution in [-0.2, 0) is 13.2 Å². The largest absolute Gasteiger partial charge is 0.390 e. The second-order valence-corrected chi connectivity index (χ2v) is 6.24. The maximum absolute atomic E-state index is 9.20. The van der Waals surface area contributed by atoms with Crippen LogP contribution < -0.4 is 5.32 Å². The molecule has 0 bridgehead atoms. The number of rotatable bonds is 5. The number of aliphatic hydroxyl groups is 1. The van der Waals surface area contributed by atoms with Crippen LogP contribution in [0.1, 0.15) is 43.1 Å². The number of imidazole rings is 1. The second kappa shape index (κ2) is 6.66. The molecule has 1 aliphatic carbocycles. The van der Waals surface area contributed by atoms with Crippen LogP contribution in [0.5, 0.6) is 0 Å². The third-order valence-corrected chi connectivity index (χ3v) is 4.73. The van der Waals surface area contributed by atoms with Crippen molar-refractivity contribution in [3.05, 3.63) is 42.4 Å². The highest BCUT2D eigenvalue weighted by Crippen LogP contribution is 2.28. The van der Waals surface area contributed by atoms with Crippen LogP contribution in [0.25, 0.3) is 5.65 Å². The SMILES string of the molecule is OCc1cn([C@@H]2CCCC[C@@H]2NCc2cnc3cnccn23)nn1. The van der Waals surface area contributed by atoms with E-state index in [9.17, 15) is 5.11 Å². The fourth-order valence-electron chi connectivity index (χ4n) is 3.48. The van der Waals surface area contributed by atoms with Crippen LogP contribution >= 0.6 is 0 Å². The van der Waals surface area contributed by atoms with E-state index in [1.54, 1.807) is 12.4 Å². The Labute approximate surface area is 139 Å². The molecule has 3 aromatic heterocycles. The molecule has 3 heterocycles. The standard InChI is InChI=1S/C16H21N7O/c24-11-12-10-23(21-20-12)15-4-2-1-3-14(15)18-7-13-8-19-16-9-17-5-6-22(13)16/h5-6,8-10,14-15,18,24H,1-4,7,11H2/t14-,15+/m0/s1. The lowest BCUT2D eigenvalue weighted by Gasteiger charge is -2.32. The van der Waals surface area contributed by atoms with Gasteiger partial charge in [-0.05, 0) is 12.8 Å². The van der Waals surface area contributed by atoms with Crippen LogP contribution in [0.2, 0.25) is 0 Å². The summed E-state index contributed by atoms with van der Waals surface area (Å²) in [5, 5.41) is 21.1. The highest BCUT2D eigenvalue weighted by Gasteiger charge is 2.27. The van der Waals surface area contributed by atoms with Crippen molar-refractivity contribution in [2.75, 3.05) is 0 Å². The molecule has 8 heteroatoms. The van der Waals surface area contributed by atoms with Gasteiger partial charge in [0.2, 0.25) is 0 Å². The van der Waals surface area contributed by atoms with Gasteiger partial charge in [-0.3, -0.25) is 9.38 Å². The zero-order valence-corrected chi connectivity index (χ0v) is 13.4. The number of fused-ring (bicyclic) bond motifs is 1. The van der Waals surface area contributed by atoms with E-state index in [1.807, 2.05) is 23.3 Å². The van der Waals surface area contributed by atoms with E-state index in [0.29, 0.717) is 11.7 Å². The molecule has 1 aliphatic rings. The molecular formula is C16H21N7O. The molecule has 0 saturated heterocycles. The summed E-state index contributed by atoms with van der Waals surface area (Å²) in [7, 11) is 0. The van der Waals surface area contributed by atoms with Crippen molar-refractivity contribution < 1.29 is 5.11 Å².